The monoisotopic (exact) mass is 372 g/mol. The van der Waals surface area contributed by atoms with E-state index in [2.05, 4.69) is 77.4 Å². The maximum atomic E-state index is 4.50. The number of benzene rings is 2. The normalized spacial score (nSPS) is 11.7. The third-order valence-corrected chi connectivity index (χ3v) is 6.44. The first-order valence-corrected chi connectivity index (χ1v) is 9.98. The molecule has 0 aliphatic carbocycles. The molecule has 3 heterocycles. The van der Waals surface area contributed by atoms with Crippen molar-refractivity contribution >= 4 is 54.9 Å². The molecular weight excluding hydrogens is 352 g/mol. The van der Waals surface area contributed by atoms with Crippen molar-refractivity contribution in [1.82, 2.24) is 15.0 Å². The molecule has 0 aliphatic rings. The summed E-state index contributed by atoms with van der Waals surface area (Å²) in [7, 11) is 0. The number of aromatic amines is 1. The highest BCUT2D eigenvalue weighted by atomic mass is 32.1. The van der Waals surface area contributed by atoms with Crippen LogP contribution in [0.2, 0.25) is 0 Å². The Kier molecular flexibility index (Phi) is 3.65. The fourth-order valence-electron chi connectivity index (χ4n) is 3.78. The van der Waals surface area contributed by atoms with Crippen LogP contribution in [0.15, 0.2) is 42.7 Å². The Morgan fingerprint density at radius 3 is 2.81 bits per heavy atom. The van der Waals surface area contributed by atoms with Crippen molar-refractivity contribution in [3.05, 3.63) is 58.7 Å². The Hall–Kier alpha value is -2.92. The number of H-pyrrole nitrogens is 1. The number of hydrogen-bond acceptors (Lipinski definition) is 4. The number of aromatic nitrogens is 3. The smallest absolute Gasteiger partial charge is 0.142 e. The molecule has 0 radical (unpaired) electrons. The van der Waals surface area contributed by atoms with Crippen LogP contribution in [-0.2, 0) is 6.42 Å². The Balaban J connectivity index is 1.63. The highest BCUT2D eigenvalue weighted by Crippen LogP contribution is 2.35. The second-order valence-corrected chi connectivity index (χ2v) is 8.09. The van der Waals surface area contributed by atoms with E-state index in [1.54, 1.807) is 17.7 Å². The number of para-hydroxylation sites is 1. The van der Waals surface area contributed by atoms with E-state index in [-0.39, 0.29) is 0 Å². The van der Waals surface area contributed by atoms with Crippen LogP contribution in [0.25, 0.3) is 32.0 Å². The van der Waals surface area contributed by atoms with E-state index >= 15 is 0 Å². The maximum Gasteiger partial charge on any atom is 0.142 e. The standard InChI is InChI=1S/C22H20N4S/c1-4-14-6-5-7-17-16-9-8-15(10-18(16)26-20(14)17)25-21-19-12(2)13(3)27-22(19)24-11-23-21/h5-11,26H,4H2,1-3H3,(H,23,24,25). The molecular formula is C22H20N4S. The summed E-state index contributed by atoms with van der Waals surface area (Å²) < 4.78 is 0. The molecule has 4 nitrogen and oxygen atoms in total. The fourth-order valence-corrected chi connectivity index (χ4v) is 4.77. The third-order valence-electron chi connectivity index (χ3n) is 5.33. The number of aryl methyl sites for hydroxylation is 3. The zero-order valence-electron chi connectivity index (χ0n) is 15.6. The molecule has 2 aromatic carbocycles. The SMILES string of the molecule is CCc1cccc2c1[nH]c1cc(Nc3ncnc4sc(C)c(C)c34)ccc12. The Morgan fingerprint density at radius 2 is 1.96 bits per heavy atom. The molecule has 0 amide bonds. The van der Waals surface area contributed by atoms with Crippen molar-refractivity contribution in [2.24, 2.45) is 0 Å². The van der Waals surface area contributed by atoms with E-state index in [0.29, 0.717) is 0 Å². The number of thiophene rings is 1. The minimum absolute atomic E-state index is 0.867. The van der Waals surface area contributed by atoms with Crippen molar-refractivity contribution < 1.29 is 0 Å². The lowest BCUT2D eigenvalue weighted by Crippen LogP contribution is -1.95. The first-order valence-electron chi connectivity index (χ1n) is 9.16. The average molecular weight is 372 g/mol. The molecule has 0 aliphatic heterocycles. The molecule has 2 N–H and O–H groups in total. The minimum Gasteiger partial charge on any atom is -0.354 e. The topological polar surface area (TPSA) is 53.6 Å². The summed E-state index contributed by atoms with van der Waals surface area (Å²) in [5.41, 5.74) is 5.99. The molecule has 5 rings (SSSR count). The number of nitrogens with one attached hydrogen (secondary N) is 2. The second kappa shape index (κ2) is 6.06. The zero-order valence-corrected chi connectivity index (χ0v) is 16.4. The first kappa shape index (κ1) is 16.3. The van der Waals surface area contributed by atoms with E-state index in [9.17, 15) is 0 Å². The van der Waals surface area contributed by atoms with Gasteiger partial charge in [0.15, 0.2) is 0 Å². The van der Waals surface area contributed by atoms with Gasteiger partial charge in [0, 0.05) is 32.4 Å². The van der Waals surface area contributed by atoms with Gasteiger partial charge in [0.05, 0.1) is 5.39 Å². The van der Waals surface area contributed by atoms with Gasteiger partial charge in [-0.2, -0.15) is 0 Å². The molecule has 134 valence electrons. The van der Waals surface area contributed by atoms with Crippen LogP contribution in [0.3, 0.4) is 0 Å². The Morgan fingerprint density at radius 1 is 1.07 bits per heavy atom. The summed E-state index contributed by atoms with van der Waals surface area (Å²) in [6.45, 7) is 6.46. The van der Waals surface area contributed by atoms with Gasteiger partial charge < -0.3 is 10.3 Å². The lowest BCUT2D eigenvalue weighted by molar-refractivity contribution is 1.15. The number of fused-ring (bicyclic) bond motifs is 4. The molecule has 0 spiro atoms. The molecule has 0 unspecified atom stereocenters. The van der Waals surface area contributed by atoms with Gasteiger partial charge in [-0.25, -0.2) is 9.97 Å². The molecule has 5 aromatic rings. The molecule has 0 atom stereocenters. The van der Waals surface area contributed by atoms with Gasteiger partial charge in [-0.3, -0.25) is 0 Å². The van der Waals surface area contributed by atoms with Crippen molar-refractivity contribution in [3.8, 4) is 0 Å². The maximum absolute atomic E-state index is 4.50. The lowest BCUT2D eigenvalue weighted by atomic mass is 10.1. The summed E-state index contributed by atoms with van der Waals surface area (Å²) in [5.74, 6) is 0.867. The van der Waals surface area contributed by atoms with E-state index in [0.717, 1.165) is 33.7 Å². The molecule has 3 aromatic heterocycles. The van der Waals surface area contributed by atoms with E-state index in [1.807, 2.05) is 0 Å². The Bertz CT molecular complexity index is 1310. The number of hydrogen-bond donors (Lipinski definition) is 2. The third kappa shape index (κ3) is 2.50. The van der Waals surface area contributed by atoms with Crippen LogP contribution in [-0.4, -0.2) is 15.0 Å². The van der Waals surface area contributed by atoms with Crippen LogP contribution in [0.1, 0.15) is 22.9 Å². The van der Waals surface area contributed by atoms with Crippen LogP contribution in [0.4, 0.5) is 11.5 Å². The van der Waals surface area contributed by atoms with Gasteiger partial charge in [-0.1, -0.05) is 31.2 Å². The number of nitrogens with zero attached hydrogens (tertiary/aromatic N) is 2. The summed E-state index contributed by atoms with van der Waals surface area (Å²) in [6.07, 6.45) is 2.65. The molecule has 0 saturated heterocycles. The summed E-state index contributed by atoms with van der Waals surface area (Å²) in [5, 5.41) is 7.15. The summed E-state index contributed by atoms with van der Waals surface area (Å²) >= 11 is 1.72. The quantitative estimate of drug-likeness (QED) is 0.394. The van der Waals surface area contributed by atoms with Crippen LogP contribution in [0, 0.1) is 13.8 Å². The highest BCUT2D eigenvalue weighted by Gasteiger charge is 2.13. The fraction of sp³-hybridized carbons (Fsp3) is 0.182. The number of anilines is 2. The zero-order chi connectivity index (χ0) is 18.5. The Labute approximate surface area is 161 Å². The highest BCUT2D eigenvalue weighted by molar-refractivity contribution is 7.18. The van der Waals surface area contributed by atoms with Crippen molar-refractivity contribution in [2.75, 3.05) is 5.32 Å². The minimum atomic E-state index is 0.867. The van der Waals surface area contributed by atoms with Gasteiger partial charge in [0.25, 0.3) is 0 Å². The van der Waals surface area contributed by atoms with Gasteiger partial charge in [-0.15, -0.1) is 11.3 Å². The molecule has 0 fully saturated rings. The molecule has 5 heteroatoms. The second-order valence-electron chi connectivity index (χ2n) is 6.89. The molecule has 0 bridgehead atoms. The van der Waals surface area contributed by atoms with E-state index < -0.39 is 0 Å². The first-order chi connectivity index (χ1) is 13.2. The van der Waals surface area contributed by atoms with Crippen LogP contribution >= 0.6 is 11.3 Å². The van der Waals surface area contributed by atoms with E-state index in [4.69, 9.17) is 0 Å². The van der Waals surface area contributed by atoms with Crippen molar-refractivity contribution in [1.29, 1.82) is 0 Å². The van der Waals surface area contributed by atoms with Gasteiger partial charge >= 0.3 is 0 Å². The van der Waals surface area contributed by atoms with Crippen LogP contribution < -0.4 is 5.32 Å². The predicted molar refractivity (Wildman–Crippen MR) is 115 cm³/mol. The lowest BCUT2D eigenvalue weighted by Gasteiger charge is -2.07. The van der Waals surface area contributed by atoms with Crippen molar-refractivity contribution in [3.63, 3.8) is 0 Å². The van der Waals surface area contributed by atoms with Gasteiger partial charge in [0.1, 0.15) is 17.0 Å². The largest absolute Gasteiger partial charge is 0.354 e. The molecule has 27 heavy (non-hydrogen) atoms. The van der Waals surface area contributed by atoms with Gasteiger partial charge in [-0.05, 0) is 43.5 Å². The van der Waals surface area contributed by atoms with Crippen LogP contribution in [0.5, 0.6) is 0 Å². The summed E-state index contributed by atoms with van der Waals surface area (Å²) in [4.78, 5) is 14.8. The molecule has 0 saturated carbocycles. The van der Waals surface area contributed by atoms with E-state index in [1.165, 1.54) is 32.3 Å². The van der Waals surface area contributed by atoms with Crippen molar-refractivity contribution in [2.45, 2.75) is 27.2 Å². The van der Waals surface area contributed by atoms with Gasteiger partial charge in [0.2, 0.25) is 0 Å². The predicted octanol–water partition coefficient (Wildman–Crippen LogP) is 6.25. The average Bonchev–Trinajstić information content (AvgIpc) is 3.19. The number of rotatable bonds is 3. The summed E-state index contributed by atoms with van der Waals surface area (Å²) in [6, 6.07) is 13.0.